The van der Waals surface area contributed by atoms with Crippen LogP contribution in [0, 0.1) is 0 Å². The quantitative estimate of drug-likeness (QED) is 0.694. The summed E-state index contributed by atoms with van der Waals surface area (Å²) in [4.78, 5) is 22.5. The summed E-state index contributed by atoms with van der Waals surface area (Å²) in [5, 5.41) is 7.04. The molecular formula is C20H16ClN3O2S. The number of aromatic nitrogens is 1. The van der Waals surface area contributed by atoms with Crippen LogP contribution in [-0.4, -0.2) is 29.3 Å². The van der Waals surface area contributed by atoms with Gasteiger partial charge in [0.1, 0.15) is 6.10 Å². The number of thiophene rings is 1. The molecule has 0 bridgehead atoms. The van der Waals surface area contributed by atoms with Gasteiger partial charge in [-0.15, -0.1) is 11.3 Å². The SMILES string of the molecule is O=C(NCC1CC(c2ccc(-c3ccccn3)cc2)=NO1)c1ccc(Cl)s1. The maximum atomic E-state index is 12.1. The Bertz CT molecular complexity index is 970. The number of carbonyl (C=O) groups is 1. The molecule has 1 aliphatic heterocycles. The third-order valence-electron chi connectivity index (χ3n) is 4.20. The Balaban J connectivity index is 1.33. The van der Waals surface area contributed by atoms with Crippen LogP contribution in [0.4, 0.5) is 0 Å². The van der Waals surface area contributed by atoms with E-state index in [0.717, 1.165) is 22.5 Å². The van der Waals surface area contributed by atoms with Crippen molar-refractivity contribution in [2.45, 2.75) is 12.5 Å². The molecule has 3 heterocycles. The Morgan fingerprint density at radius 1 is 1.15 bits per heavy atom. The fourth-order valence-electron chi connectivity index (χ4n) is 2.81. The van der Waals surface area contributed by atoms with E-state index in [9.17, 15) is 4.79 Å². The Morgan fingerprint density at radius 3 is 2.67 bits per heavy atom. The summed E-state index contributed by atoms with van der Waals surface area (Å²) in [6.45, 7) is 0.396. The maximum absolute atomic E-state index is 12.1. The van der Waals surface area contributed by atoms with Crippen molar-refractivity contribution < 1.29 is 9.63 Å². The van der Waals surface area contributed by atoms with Crippen LogP contribution in [-0.2, 0) is 4.84 Å². The van der Waals surface area contributed by atoms with E-state index < -0.39 is 0 Å². The monoisotopic (exact) mass is 397 g/mol. The first-order chi connectivity index (χ1) is 13.2. The molecule has 1 unspecified atom stereocenters. The molecule has 3 aromatic rings. The van der Waals surface area contributed by atoms with Gasteiger partial charge in [-0.2, -0.15) is 0 Å². The zero-order valence-corrected chi connectivity index (χ0v) is 15.8. The van der Waals surface area contributed by atoms with Crippen molar-refractivity contribution in [3.05, 3.63) is 75.6 Å². The van der Waals surface area contributed by atoms with Gasteiger partial charge in [0.25, 0.3) is 5.91 Å². The predicted molar refractivity (Wildman–Crippen MR) is 107 cm³/mol. The molecule has 1 aliphatic rings. The number of carbonyl (C=O) groups excluding carboxylic acids is 1. The minimum Gasteiger partial charge on any atom is -0.390 e. The van der Waals surface area contributed by atoms with Crippen LogP contribution < -0.4 is 5.32 Å². The van der Waals surface area contributed by atoms with E-state index in [-0.39, 0.29) is 12.0 Å². The molecule has 2 aromatic heterocycles. The van der Waals surface area contributed by atoms with Crippen molar-refractivity contribution in [1.82, 2.24) is 10.3 Å². The summed E-state index contributed by atoms with van der Waals surface area (Å²) < 4.78 is 0.594. The lowest BCUT2D eigenvalue weighted by Gasteiger charge is -2.09. The summed E-state index contributed by atoms with van der Waals surface area (Å²) in [5.41, 5.74) is 3.87. The number of nitrogens with zero attached hydrogens (tertiary/aromatic N) is 2. The number of halogens is 1. The molecule has 5 nitrogen and oxygen atoms in total. The summed E-state index contributed by atoms with van der Waals surface area (Å²) in [7, 11) is 0. The predicted octanol–water partition coefficient (Wildman–Crippen LogP) is 4.39. The fraction of sp³-hybridized carbons (Fsp3) is 0.150. The zero-order valence-electron chi connectivity index (χ0n) is 14.3. The van der Waals surface area contributed by atoms with Gasteiger partial charge in [0.15, 0.2) is 0 Å². The van der Waals surface area contributed by atoms with Crippen LogP contribution in [0.5, 0.6) is 0 Å². The highest BCUT2D eigenvalue weighted by Crippen LogP contribution is 2.22. The van der Waals surface area contributed by atoms with Gasteiger partial charge >= 0.3 is 0 Å². The normalized spacial score (nSPS) is 15.9. The molecule has 0 saturated heterocycles. The number of rotatable bonds is 5. The molecule has 0 fully saturated rings. The van der Waals surface area contributed by atoms with Gasteiger partial charge in [0, 0.05) is 18.2 Å². The van der Waals surface area contributed by atoms with E-state index in [0.29, 0.717) is 22.2 Å². The Labute approximate surface area is 165 Å². The maximum Gasteiger partial charge on any atom is 0.261 e. The lowest BCUT2D eigenvalue weighted by Crippen LogP contribution is -2.31. The number of oxime groups is 1. The highest BCUT2D eigenvalue weighted by atomic mass is 35.5. The Hall–Kier alpha value is -2.70. The molecule has 1 amide bonds. The third-order valence-corrected chi connectivity index (χ3v) is 5.43. The van der Waals surface area contributed by atoms with Crippen LogP contribution in [0.2, 0.25) is 4.34 Å². The van der Waals surface area contributed by atoms with E-state index in [1.165, 1.54) is 11.3 Å². The van der Waals surface area contributed by atoms with Crippen LogP contribution in [0.3, 0.4) is 0 Å². The molecule has 136 valence electrons. The van der Waals surface area contributed by atoms with Gasteiger partial charge in [-0.3, -0.25) is 9.78 Å². The van der Waals surface area contributed by atoms with Gasteiger partial charge < -0.3 is 10.2 Å². The number of hydrogen-bond acceptors (Lipinski definition) is 5. The van der Waals surface area contributed by atoms with Crippen molar-refractivity contribution in [3.8, 4) is 11.3 Å². The highest BCUT2D eigenvalue weighted by Gasteiger charge is 2.23. The van der Waals surface area contributed by atoms with Gasteiger partial charge in [0.05, 0.1) is 27.2 Å². The van der Waals surface area contributed by atoms with Crippen molar-refractivity contribution in [1.29, 1.82) is 0 Å². The summed E-state index contributed by atoms with van der Waals surface area (Å²) in [6, 6.07) is 17.3. The van der Waals surface area contributed by atoms with Gasteiger partial charge in [-0.05, 0) is 29.8 Å². The lowest BCUT2D eigenvalue weighted by atomic mass is 10.0. The van der Waals surface area contributed by atoms with E-state index in [2.05, 4.69) is 15.5 Å². The molecular weight excluding hydrogens is 382 g/mol. The molecule has 0 aliphatic carbocycles. The van der Waals surface area contributed by atoms with E-state index in [1.807, 2.05) is 42.5 Å². The largest absolute Gasteiger partial charge is 0.390 e. The fourth-order valence-corrected chi connectivity index (χ4v) is 3.76. The van der Waals surface area contributed by atoms with Crippen LogP contribution in [0.1, 0.15) is 21.7 Å². The number of nitrogens with one attached hydrogen (secondary N) is 1. The van der Waals surface area contributed by atoms with Crippen LogP contribution >= 0.6 is 22.9 Å². The molecule has 7 heteroatoms. The second kappa shape index (κ2) is 7.90. The number of hydrogen-bond donors (Lipinski definition) is 1. The Morgan fingerprint density at radius 2 is 1.96 bits per heavy atom. The first kappa shape index (κ1) is 17.7. The van der Waals surface area contributed by atoms with E-state index in [4.69, 9.17) is 16.4 Å². The minimum absolute atomic E-state index is 0.149. The second-order valence-corrected chi connectivity index (χ2v) is 7.79. The molecule has 4 rings (SSSR count). The van der Waals surface area contributed by atoms with Crippen molar-refractivity contribution >= 4 is 34.6 Å². The molecule has 1 atom stereocenters. The lowest BCUT2D eigenvalue weighted by molar-refractivity contribution is 0.0755. The minimum atomic E-state index is -0.171. The number of benzene rings is 1. The molecule has 27 heavy (non-hydrogen) atoms. The van der Waals surface area contributed by atoms with Crippen molar-refractivity contribution in [2.24, 2.45) is 5.16 Å². The second-order valence-electron chi connectivity index (χ2n) is 6.08. The topological polar surface area (TPSA) is 63.6 Å². The third kappa shape index (κ3) is 4.18. The Kier molecular flexibility index (Phi) is 5.18. The van der Waals surface area contributed by atoms with Gasteiger partial charge in [-0.1, -0.05) is 47.1 Å². The molecule has 1 aromatic carbocycles. The summed E-state index contributed by atoms with van der Waals surface area (Å²) >= 11 is 7.11. The molecule has 1 N–H and O–H groups in total. The van der Waals surface area contributed by atoms with Crippen LogP contribution in [0.15, 0.2) is 65.9 Å². The summed E-state index contributed by atoms with van der Waals surface area (Å²) in [6.07, 6.45) is 2.25. The number of pyridine rings is 1. The van der Waals surface area contributed by atoms with Crippen molar-refractivity contribution in [2.75, 3.05) is 6.54 Å². The molecule has 0 spiro atoms. The molecule has 0 saturated carbocycles. The first-order valence-corrected chi connectivity index (χ1v) is 9.66. The van der Waals surface area contributed by atoms with Gasteiger partial charge in [-0.25, -0.2) is 0 Å². The molecule has 0 radical (unpaired) electrons. The standard InChI is InChI=1S/C20H16ClN3O2S/c21-19-9-8-18(27-19)20(25)23-12-15-11-17(24-26-15)14-6-4-13(5-7-14)16-3-1-2-10-22-16/h1-10,15H,11-12H2,(H,23,25). The van der Waals surface area contributed by atoms with E-state index >= 15 is 0 Å². The summed E-state index contributed by atoms with van der Waals surface area (Å²) in [5.74, 6) is -0.149. The van der Waals surface area contributed by atoms with E-state index in [1.54, 1.807) is 18.3 Å². The smallest absolute Gasteiger partial charge is 0.261 e. The first-order valence-electron chi connectivity index (χ1n) is 8.47. The van der Waals surface area contributed by atoms with Gasteiger partial charge in [0.2, 0.25) is 0 Å². The van der Waals surface area contributed by atoms with Crippen molar-refractivity contribution in [3.63, 3.8) is 0 Å². The van der Waals surface area contributed by atoms with Crippen LogP contribution in [0.25, 0.3) is 11.3 Å². The zero-order chi connectivity index (χ0) is 18.6. The average Bonchev–Trinajstić information content (AvgIpc) is 3.36. The average molecular weight is 398 g/mol. The number of amides is 1. The highest BCUT2D eigenvalue weighted by molar-refractivity contribution is 7.17.